The van der Waals surface area contributed by atoms with Crippen molar-refractivity contribution in [3.63, 3.8) is 0 Å². The van der Waals surface area contributed by atoms with Crippen LogP contribution in [0, 0.1) is 5.41 Å². The van der Waals surface area contributed by atoms with Gasteiger partial charge >= 0.3 is 0 Å². The van der Waals surface area contributed by atoms with Gasteiger partial charge in [0.25, 0.3) is 5.91 Å². The number of rotatable bonds is 3. The molecule has 5 heteroatoms. The minimum atomic E-state index is 0.126. The van der Waals surface area contributed by atoms with Crippen molar-refractivity contribution in [1.82, 2.24) is 19.6 Å². The fraction of sp³-hybridized carbons (Fsp3) is 0.545. The Labute approximate surface area is 162 Å². The Bertz CT molecular complexity index is 777. The number of likely N-dealkylation sites (tertiary alicyclic amines) is 2. The van der Waals surface area contributed by atoms with Gasteiger partial charge in [-0.2, -0.15) is 5.10 Å². The van der Waals surface area contributed by atoms with E-state index in [0.717, 1.165) is 39.0 Å². The summed E-state index contributed by atoms with van der Waals surface area (Å²) in [5.41, 5.74) is 2.50. The molecule has 2 aromatic rings. The van der Waals surface area contributed by atoms with E-state index in [1.165, 1.54) is 18.5 Å². The quantitative estimate of drug-likeness (QED) is 0.838. The van der Waals surface area contributed by atoms with Gasteiger partial charge in [-0.05, 0) is 42.7 Å². The fourth-order valence-corrected chi connectivity index (χ4v) is 4.95. The van der Waals surface area contributed by atoms with E-state index < -0.39 is 0 Å². The topological polar surface area (TPSA) is 41.4 Å². The SMILES string of the molecule is CCN1C[C@H](c2ccccc2)CC2(CCN(C(=O)c3cnn(C)c3)CC2)C1. The summed E-state index contributed by atoms with van der Waals surface area (Å²) in [7, 11) is 1.85. The molecule has 2 saturated heterocycles. The van der Waals surface area contributed by atoms with Gasteiger partial charge in [0.05, 0.1) is 11.8 Å². The number of aryl methyl sites for hydroxylation is 1. The summed E-state index contributed by atoms with van der Waals surface area (Å²) in [5.74, 6) is 0.723. The van der Waals surface area contributed by atoms with Gasteiger partial charge in [0.1, 0.15) is 0 Å². The summed E-state index contributed by atoms with van der Waals surface area (Å²) in [4.78, 5) is 17.4. The van der Waals surface area contributed by atoms with Gasteiger partial charge in [-0.3, -0.25) is 9.48 Å². The summed E-state index contributed by atoms with van der Waals surface area (Å²) < 4.78 is 1.70. The Morgan fingerprint density at radius 1 is 1.22 bits per heavy atom. The summed E-state index contributed by atoms with van der Waals surface area (Å²) in [5, 5.41) is 4.14. The lowest BCUT2D eigenvalue weighted by Gasteiger charge is -2.50. The van der Waals surface area contributed by atoms with Gasteiger partial charge in [-0.15, -0.1) is 0 Å². The lowest BCUT2D eigenvalue weighted by atomic mass is 9.68. The van der Waals surface area contributed by atoms with E-state index in [0.29, 0.717) is 16.9 Å². The zero-order chi connectivity index (χ0) is 18.9. The average molecular weight is 367 g/mol. The van der Waals surface area contributed by atoms with E-state index in [4.69, 9.17) is 0 Å². The van der Waals surface area contributed by atoms with Crippen LogP contribution in [0.2, 0.25) is 0 Å². The monoisotopic (exact) mass is 366 g/mol. The molecule has 1 aromatic heterocycles. The van der Waals surface area contributed by atoms with E-state index in [2.05, 4.69) is 47.3 Å². The molecule has 1 spiro atoms. The highest BCUT2D eigenvalue weighted by atomic mass is 16.2. The molecule has 0 saturated carbocycles. The van der Waals surface area contributed by atoms with Crippen LogP contribution < -0.4 is 0 Å². The van der Waals surface area contributed by atoms with Gasteiger partial charge in [-0.25, -0.2) is 0 Å². The van der Waals surface area contributed by atoms with Crippen LogP contribution in [0.3, 0.4) is 0 Å². The molecule has 2 fully saturated rings. The first-order chi connectivity index (χ1) is 13.1. The summed E-state index contributed by atoms with van der Waals surface area (Å²) in [6.45, 7) is 7.40. The lowest BCUT2D eigenvalue weighted by molar-refractivity contribution is 0.0158. The number of carbonyl (C=O) groups is 1. The summed E-state index contributed by atoms with van der Waals surface area (Å²) >= 11 is 0. The first-order valence-corrected chi connectivity index (χ1v) is 10.1. The van der Waals surface area contributed by atoms with Gasteiger partial charge < -0.3 is 9.80 Å². The van der Waals surface area contributed by atoms with Crippen LogP contribution >= 0.6 is 0 Å². The van der Waals surface area contributed by atoms with Crippen LogP contribution in [0.4, 0.5) is 0 Å². The largest absolute Gasteiger partial charge is 0.339 e. The molecule has 0 aliphatic carbocycles. The number of likely N-dealkylation sites (N-methyl/N-ethyl adjacent to an activating group) is 1. The van der Waals surface area contributed by atoms with Crippen molar-refractivity contribution < 1.29 is 4.79 Å². The minimum Gasteiger partial charge on any atom is -0.339 e. The number of aromatic nitrogens is 2. The highest BCUT2D eigenvalue weighted by molar-refractivity contribution is 5.93. The fourth-order valence-electron chi connectivity index (χ4n) is 4.95. The lowest BCUT2D eigenvalue weighted by Crippen LogP contribution is -2.52. The van der Waals surface area contributed by atoms with E-state index >= 15 is 0 Å². The third-order valence-corrected chi connectivity index (χ3v) is 6.50. The zero-order valence-electron chi connectivity index (χ0n) is 16.5. The Kier molecular flexibility index (Phi) is 5.04. The third-order valence-electron chi connectivity index (χ3n) is 6.50. The summed E-state index contributed by atoms with van der Waals surface area (Å²) in [6, 6.07) is 11.0. The number of amides is 1. The van der Waals surface area contributed by atoms with Crippen LogP contribution in [0.1, 0.15) is 48.0 Å². The Balaban J connectivity index is 1.46. The van der Waals surface area contributed by atoms with Crippen molar-refractivity contribution >= 4 is 5.91 Å². The minimum absolute atomic E-state index is 0.126. The number of carbonyl (C=O) groups excluding carboxylic acids is 1. The van der Waals surface area contributed by atoms with Gasteiger partial charge in [0.2, 0.25) is 0 Å². The third kappa shape index (κ3) is 3.79. The smallest absolute Gasteiger partial charge is 0.257 e. The maximum atomic E-state index is 12.8. The predicted molar refractivity (Wildman–Crippen MR) is 107 cm³/mol. The number of piperidine rings is 2. The van der Waals surface area contributed by atoms with Crippen LogP contribution in [0.5, 0.6) is 0 Å². The van der Waals surface area contributed by atoms with Crippen molar-refractivity contribution in [2.75, 3.05) is 32.7 Å². The molecule has 0 radical (unpaired) electrons. The molecule has 4 rings (SSSR count). The van der Waals surface area contributed by atoms with E-state index in [-0.39, 0.29) is 5.91 Å². The number of hydrogen-bond acceptors (Lipinski definition) is 3. The van der Waals surface area contributed by atoms with Crippen LogP contribution in [0.25, 0.3) is 0 Å². The molecule has 1 aromatic carbocycles. The predicted octanol–water partition coefficient (Wildman–Crippen LogP) is 3.15. The first kappa shape index (κ1) is 18.2. The van der Waals surface area contributed by atoms with Gasteiger partial charge in [0, 0.05) is 39.4 Å². The van der Waals surface area contributed by atoms with Crippen LogP contribution in [-0.4, -0.2) is 58.2 Å². The molecule has 2 aliphatic heterocycles. The van der Waals surface area contributed by atoms with E-state index in [1.54, 1.807) is 10.9 Å². The molecule has 0 bridgehead atoms. The van der Waals surface area contributed by atoms with Gasteiger partial charge in [-0.1, -0.05) is 37.3 Å². The second-order valence-corrected chi connectivity index (χ2v) is 8.33. The van der Waals surface area contributed by atoms with Crippen molar-refractivity contribution in [2.45, 2.75) is 32.1 Å². The molecule has 1 amide bonds. The molecular formula is C22H30N4O. The molecule has 1 atom stereocenters. The standard InChI is InChI=1S/C22H30N4O/c1-3-25-16-19(18-7-5-4-6-8-18)13-22(17-25)9-11-26(12-10-22)21(27)20-14-23-24(2)15-20/h4-8,14-15,19H,3,9-13,16-17H2,1-2H3/t19-/m1/s1. The van der Waals surface area contributed by atoms with Crippen molar-refractivity contribution in [3.05, 3.63) is 53.9 Å². The Morgan fingerprint density at radius 3 is 2.59 bits per heavy atom. The molecule has 5 nitrogen and oxygen atoms in total. The van der Waals surface area contributed by atoms with Crippen LogP contribution in [0.15, 0.2) is 42.7 Å². The highest BCUT2D eigenvalue weighted by Gasteiger charge is 2.42. The second kappa shape index (κ2) is 7.47. The normalized spacial score (nSPS) is 22.9. The number of benzene rings is 1. The highest BCUT2D eigenvalue weighted by Crippen LogP contribution is 2.45. The molecule has 0 unspecified atom stereocenters. The first-order valence-electron chi connectivity index (χ1n) is 10.1. The van der Waals surface area contributed by atoms with Crippen molar-refractivity contribution in [2.24, 2.45) is 12.5 Å². The molecule has 27 heavy (non-hydrogen) atoms. The van der Waals surface area contributed by atoms with Gasteiger partial charge in [0.15, 0.2) is 0 Å². The molecule has 0 N–H and O–H groups in total. The van der Waals surface area contributed by atoms with E-state index in [1.807, 2.05) is 18.1 Å². The van der Waals surface area contributed by atoms with Crippen LogP contribution in [-0.2, 0) is 7.05 Å². The average Bonchev–Trinajstić information content (AvgIpc) is 3.15. The molecule has 3 heterocycles. The maximum Gasteiger partial charge on any atom is 0.257 e. The Morgan fingerprint density at radius 2 is 1.96 bits per heavy atom. The molecule has 2 aliphatic rings. The van der Waals surface area contributed by atoms with E-state index in [9.17, 15) is 4.79 Å². The van der Waals surface area contributed by atoms with Crippen molar-refractivity contribution in [1.29, 1.82) is 0 Å². The molecule has 144 valence electrons. The summed E-state index contributed by atoms with van der Waals surface area (Å²) in [6.07, 6.45) is 6.93. The maximum absolute atomic E-state index is 12.8. The Hall–Kier alpha value is -2.14. The van der Waals surface area contributed by atoms with Crippen molar-refractivity contribution in [3.8, 4) is 0 Å². The zero-order valence-corrected chi connectivity index (χ0v) is 16.5. The number of hydrogen-bond donors (Lipinski definition) is 0. The second-order valence-electron chi connectivity index (χ2n) is 8.33. The molecular weight excluding hydrogens is 336 g/mol. The number of nitrogens with zero attached hydrogens (tertiary/aromatic N) is 4.